The monoisotopic (exact) mass is 249 g/mol. The van der Waals surface area contributed by atoms with Gasteiger partial charge in [0.15, 0.2) is 0 Å². The van der Waals surface area contributed by atoms with Crippen molar-refractivity contribution in [3.8, 4) is 0 Å². The summed E-state index contributed by atoms with van der Waals surface area (Å²) in [5.41, 5.74) is 0. The number of hydrogen-bond donors (Lipinski definition) is 1. The van der Waals surface area contributed by atoms with Gasteiger partial charge in [0, 0.05) is 32.7 Å². The number of anilines is 2. The highest BCUT2D eigenvalue weighted by Crippen LogP contribution is 2.20. The van der Waals surface area contributed by atoms with Gasteiger partial charge in [0.05, 0.1) is 0 Å². The van der Waals surface area contributed by atoms with Crippen LogP contribution in [-0.4, -0.2) is 49.7 Å². The molecule has 1 N–H and O–H groups in total. The van der Waals surface area contributed by atoms with E-state index in [1.165, 1.54) is 12.8 Å². The zero-order valence-electron chi connectivity index (χ0n) is 11.6. The van der Waals surface area contributed by atoms with E-state index in [4.69, 9.17) is 0 Å². The Morgan fingerprint density at radius 3 is 2.56 bits per heavy atom. The fourth-order valence-electron chi connectivity index (χ4n) is 2.28. The Balaban J connectivity index is 2.11. The number of rotatable bonds is 4. The van der Waals surface area contributed by atoms with E-state index in [2.05, 4.69) is 52.2 Å². The van der Waals surface area contributed by atoms with Crippen molar-refractivity contribution in [2.75, 3.05) is 43.5 Å². The molecule has 2 heterocycles. The SMILES string of the molecule is CCN(C)c1cc(N(C)C2CCNCC2)ncn1. The molecule has 0 saturated carbocycles. The highest BCUT2D eigenvalue weighted by Gasteiger charge is 2.19. The first-order valence-electron chi connectivity index (χ1n) is 6.69. The molecule has 0 aliphatic carbocycles. The van der Waals surface area contributed by atoms with Crippen LogP contribution < -0.4 is 15.1 Å². The summed E-state index contributed by atoms with van der Waals surface area (Å²) in [7, 11) is 4.19. The van der Waals surface area contributed by atoms with Crippen LogP contribution in [0.15, 0.2) is 12.4 Å². The molecule has 0 unspecified atom stereocenters. The highest BCUT2D eigenvalue weighted by atomic mass is 15.2. The Bertz CT molecular complexity index is 375. The summed E-state index contributed by atoms with van der Waals surface area (Å²) in [6, 6.07) is 2.66. The molecule has 0 atom stereocenters. The van der Waals surface area contributed by atoms with E-state index < -0.39 is 0 Å². The summed E-state index contributed by atoms with van der Waals surface area (Å²) in [6.45, 7) is 5.27. The Labute approximate surface area is 109 Å². The molecule has 0 aromatic carbocycles. The van der Waals surface area contributed by atoms with Crippen LogP contribution in [0.25, 0.3) is 0 Å². The van der Waals surface area contributed by atoms with Crippen LogP contribution in [0.1, 0.15) is 19.8 Å². The molecular weight excluding hydrogens is 226 g/mol. The first kappa shape index (κ1) is 13.1. The maximum atomic E-state index is 4.40. The van der Waals surface area contributed by atoms with Gasteiger partial charge in [0.1, 0.15) is 18.0 Å². The van der Waals surface area contributed by atoms with Crippen molar-refractivity contribution in [3.63, 3.8) is 0 Å². The predicted octanol–water partition coefficient (Wildman–Crippen LogP) is 1.12. The molecule has 1 aliphatic rings. The highest BCUT2D eigenvalue weighted by molar-refractivity contribution is 5.49. The van der Waals surface area contributed by atoms with Crippen LogP contribution in [0.2, 0.25) is 0 Å². The Kier molecular flexibility index (Phi) is 4.36. The first-order chi connectivity index (χ1) is 8.72. The molecule has 2 rings (SSSR count). The van der Waals surface area contributed by atoms with E-state index in [0.717, 1.165) is 31.3 Å². The lowest BCUT2D eigenvalue weighted by molar-refractivity contribution is 0.441. The molecule has 0 radical (unpaired) electrons. The van der Waals surface area contributed by atoms with Crippen LogP contribution in [0.3, 0.4) is 0 Å². The van der Waals surface area contributed by atoms with E-state index in [9.17, 15) is 0 Å². The van der Waals surface area contributed by atoms with Crippen molar-refractivity contribution in [2.24, 2.45) is 0 Å². The number of piperidine rings is 1. The fraction of sp³-hybridized carbons (Fsp3) is 0.692. The number of nitrogens with one attached hydrogen (secondary N) is 1. The lowest BCUT2D eigenvalue weighted by atomic mass is 10.1. The first-order valence-corrected chi connectivity index (χ1v) is 6.69. The average Bonchev–Trinajstić information content (AvgIpc) is 2.46. The van der Waals surface area contributed by atoms with E-state index >= 15 is 0 Å². The third kappa shape index (κ3) is 2.90. The molecule has 1 aromatic heterocycles. The minimum Gasteiger partial charge on any atom is -0.360 e. The van der Waals surface area contributed by atoms with E-state index in [1.54, 1.807) is 6.33 Å². The van der Waals surface area contributed by atoms with Gasteiger partial charge < -0.3 is 15.1 Å². The van der Waals surface area contributed by atoms with Gasteiger partial charge in [0.2, 0.25) is 0 Å². The van der Waals surface area contributed by atoms with Gasteiger partial charge in [0.25, 0.3) is 0 Å². The van der Waals surface area contributed by atoms with Gasteiger partial charge >= 0.3 is 0 Å². The summed E-state index contributed by atoms with van der Waals surface area (Å²) in [5.74, 6) is 2.01. The maximum Gasteiger partial charge on any atom is 0.134 e. The molecule has 0 spiro atoms. The molecule has 5 heteroatoms. The minimum atomic E-state index is 0.584. The van der Waals surface area contributed by atoms with Crippen molar-refractivity contribution in [1.82, 2.24) is 15.3 Å². The van der Waals surface area contributed by atoms with Gasteiger partial charge in [-0.3, -0.25) is 0 Å². The number of aromatic nitrogens is 2. The molecular formula is C13H23N5. The lowest BCUT2D eigenvalue weighted by Crippen LogP contribution is -2.41. The van der Waals surface area contributed by atoms with Gasteiger partial charge in [-0.2, -0.15) is 0 Å². The summed E-state index contributed by atoms with van der Waals surface area (Å²) in [5, 5.41) is 3.39. The molecule has 100 valence electrons. The van der Waals surface area contributed by atoms with E-state index in [1.807, 2.05) is 0 Å². The molecule has 18 heavy (non-hydrogen) atoms. The number of hydrogen-bond acceptors (Lipinski definition) is 5. The number of nitrogens with zero attached hydrogens (tertiary/aromatic N) is 4. The maximum absolute atomic E-state index is 4.40. The van der Waals surface area contributed by atoms with Gasteiger partial charge in [-0.1, -0.05) is 0 Å². The Morgan fingerprint density at radius 1 is 1.22 bits per heavy atom. The smallest absolute Gasteiger partial charge is 0.134 e. The predicted molar refractivity (Wildman–Crippen MR) is 75.3 cm³/mol. The molecule has 1 saturated heterocycles. The minimum absolute atomic E-state index is 0.584. The third-order valence-corrected chi connectivity index (χ3v) is 3.72. The molecule has 0 bridgehead atoms. The van der Waals surface area contributed by atoms with E-state index in [-0.39, 0.29) is 0 Å². The van der Waals surface area contributed by atoms with E-state index in [0.29, 0.717) is 6.04 Å². The Hall–Kier alpha value is -1.36. The largest absolute Gasteiger partial charge is 0.360 e. The van der Waals surface area contributed by atoms with Crippen molar-refractivity contribution >= 4 is 11.6 Å². The standard InChI is InChI=1S/C13H23N5/c1-4-17(2)12-9-13(16-10-15-12)18(3)11-5-7-14-8-6-11/h9-11,14H,4-8H2,1-3H3. The van der Waals surface area contributed by atoms with Gasteiger partial charge in [-0.15, -0.1) is 0 Å². The van der Waals surface area contributed by atoms with Crippen molar-refractivity contribution in [3.05, 3.63) is 12.4 Å². The van der Waals surface area contributed by atoms with Crippen LogP contribution in [0.5, 0.6) is 0 Å². The zero-order valence-corrected chi connectivity index (χ0v) is 11.6. The summed E-state index contributed by atoms with van der Waals surface area (Å²) >= 11 is 0. The van der Waals surface area contributed by atoms with Crippen molar-refractivity contribution in [2.45, 2.75) is 25.8 Å². The van der Waals surface area contributed by atoms with Gasteiger partial charge in [-0.05, 0) is 32.9 Å². The second kappa shape index (κ2) is 6.00. The molecule has 1 aromatic rings. The summed E-state index contributed by atoms with van der Waals surface area (Å²) < 4.78 is 0. The van der Waals surface area contributed by atoms with Crippen LogP contribution in [-0.2, 0) is 0 Å². The molecule has 0 amide bonds. The zero-order chi connectivity index (χ0) is 13.0. The average molecular weight is 249 g/mol. The van der Waals surface area contributed by atoms with Crippen LogP contribution >= 0.6 is 0 Å². The Morgan fingerprint density at radius 2 is 1.89 bits per heavy atom. The quantitative estimate of drug-likeness (QED) is 0.866. The van der Waals surface area contributed by atoms with Crippen molar-refractivity contribution in [1.29, 1.82) is 0 Å². The molecule has 1 fully saturated rings. The summed E-state index contributed by atoms with van der Waals surface area (Å²) in [4.78, 5) is 13.1. The van der Waals surface area contributed by atoms with Crippen LogP contribution in [0, 0.1) is 0 Å². The topological polar surface area (TPSA) is 44.3 Å². The second-order valence-corrected chi connectivity index (χ2v) is 4.84. The summed E-state index contributed by atoms with van der Waals surface area (Å²) in [6.07, 6.45) is 4.02. The normalized spacial score (nSPS) is 16.6. The fourth-order valence-corrected chi connectivity index (χ4v) is 2.28. The van der Waals surface area contributed by atoms with Crippen LogP contribution in [0.4, 0.5) is 11.6 Å². The third-order valence-electron chi connectivity index (χ3n) is 3.72. The lowest BCUT2D eigenvalue weighted by Gasteiger charge is -2.32. The molecule has 1 aliphatic heterocycles. The van der Waals surface area contributed by atoms with Crippen molar-refractivity contribution < 1.29 is 0 Å². The molecule has 5 nitrogen and oxygen atoms in total. The second-order valence-electron chi connectivity index (χ2n) is 4.84. The van der Waals surface area contributed by atoms with Gasteiger partial charge in [-0.25, -0.2) is 9.97 Å².